The number of aryl methyl sites for hydroxylation is 1. The molecule has 2 aliphatic rings. The molecule has 0 bridgehead atoms. The molecule has 7 nitrogen and oxygen atoms in total. The number of anilines is 1. The number of hydrogen-bond acceptors (Lipinski definition) is 6. The molecule has 2 saturated heterocycles. The van der Waals surface area contributed by atoms with Gasteiger partial charge in [-0.05, 0) is 19.9 Å². The van der Waals surface area contributed by atoms with E-state index >= 15 is 0 Å². The molecule has 0 unspecified atom stereocenters. The van der Waals surface area contributed by atoms with Crippen LogP contribution >= 0.6 is 0 Å². The highest BCUT2D eigenvalue weighted by atomic mass is 15.3. The second-order valence-corrected chi connectivity index (χ2v) is 7.33. The monoisotopic (exact) mass is 341 g/mol. The molecule has 4 heterocycles. The fourth-order valence-corrected chi connectivity index (χ4v) is 4.00. The van der Waals surface area contributed by atoms with E-state index in [1.54, 1.807) is 0 Å². The Bertz CT molecular complexity index is 690. The van der Waals surface area contributed by atoms with E-state index in [1.807, 2.05) is 24.9 Å². The highest BCUT2D eigenvalue weighted by Gasteiger charge is 2.33. The number of aromatic nitrogens is 4. The first-order chi connectivity index (χ1) is 12.2. The van der Waals surface area contributed by atoms with Gasteiger partial charge >= 0.3 is 0 Å². The molecule has 2 atom stereocenters. The third kappa shape index (κ3) is 3.52. The van der Waals surface area contributed by atoms with Crippen LogP contribution in [0.5, 0.6) is 0 Å². The zero-order valence-corrected chi connectivity index (χ0v) is 15.1. The van der Waals surface area contributed by atoms with Crippen molar-refractivity contribution >= 4 is 5.95 Å². The first kappa shape index (κ1) is 16.5. The van der Waals surface area contributed by atoms with Gasteiger partial charge in [0.1, 0.15) is 0 Å². The van der Waals surface area contributed by atoms with Gasteiger partial charge in [0, 0.05) is 81.6 Å². The molecule has 0 aliphatic carbocycles. The molecular weight excluding hydrogens is 314 g/mol. The van der Waals surface area contributed by atoms with Gasteiger partial charge in [0.25, 0.3) is 0 Å². The summed E-state index contributed by atoms with van der Waals surface area (Å²) in [5, 5.41) is 3.71. The Kier molecular flexibility index (Phi) is 4.67. The number of likely N-dealkylation sites (tertiary alicyclic amines) is 1. The SMILES string of the molecule is CN1C[C@@H](NCc2cnc(N3CCCC3)nc2)[C@H](c2cncn2C)C1. The first-order valence-electron chi connectivity index (χ1n) is 9.15. The van der Waals surface area contributed by atoms with Crippen molar-refractivity contribution in [3.8, 4) is 0 Å². The zero-order valence-electron chi connectivity index (χ0n) is 15.1. The van der Waals surface area contributed by atoms with Gasteiger partial charge in [0.2, 0.25) is 5.95 Å². The molecular formula is C18H27N7. The van der Waals surface area contributed by atoms with Crippen LogP contribution in [-0.2, 0) is 13.6 Å². The van der Waals surface area contributed by atoms with Crippen molar-refractivity contribution in [3.63, 3.8) is 0 Å². The summed E-state index contributed by atoms with van der Waals surface area (Å²) in [6.45, 7) is 5.06. The predicted molar refractivity (Wildman–Crippen MR) is 97.6 cm³/mol. The lowest BCUT2D eigenvalue weighted by Gasteiger charge is -2.20. The van der Waals surface area contributed by atoms with E-state index in [0.29, 0.717) is 12.0 Å². The predicted octanol–water partition coefficient (Wildman–Crippen LogP) is 0.998. The molecule has 4 rings (SSSR count). The number of nitrogens with zero attached hydrogens (tertiary/aromatic N) is 6. The maximum Gasteiger partial charge on any atom is 0.225 e. The summed E-state index contributed by atoms with van der Waals surface area (Å²) < 4.78 is 2.13. The van der Waals surface area contributed by atoms with Crippen molar-refractivity contribution in [2.24, 2.45) is 7.05 Å². The number of imidazole rings is 1. The van der Waals surface area contributed by atoms with Crippen LogP contribution in [0.3, 0.4) is 0 Å². The Morgan fingerprint density at radius 2 is 1.84 bits per heavy atom. The number of likely N-dealkylation sites (N-methyl/N-ethyl adjacent to an activating group) is 1. The van der Waals surface area contributed by atoms with Crippen molar-refractivity contribution in [1.82, 2.24) is 29.7 Å². The average molecular weight is 341 g/mol. The second-order valence-electron chi connectivity index (χ2n) is 7.33. The fraction of sp³-hybridized carbons (Fsp3) is 0.611. The fourth-order valence-electron chi connectivity index (χ4n) is 4.00. The molecule has 0 spiro atoms. The Morgan fingerprint density at radius 3 is 2.52 bits per heavy atom. The van der Waals surface area contributed by atoms with Gasteiger partial charge in [-0.2, -0.15) is 0 Å². The van der Waals surface area contributed by atoms with Gasteiger partial charge in [-0.15, -0.1) is 0 Å². The van der Waals surface area contributed by atoms with E-state index in [9.17, 15) is 0 Å². The number of nitrogens with one attached hydrogen (secondary N) is 1. The summed E-state index contributed by atoms with van der Waals surface area (Å²) in [7, 11) is 4.25. The van der Waals surface area contributed by atoms with Crippen molar-refractivity contribution in [2.75, 3.05) is 38.1 Å². The van der Waals surface area contributed by atoms with Crippen molar-refractivity contribution in [3.05, 3.63) is 36.2 Å². The molecule has 25 heavy (non-hydrogen) atoms. The van der Waals surface area contributed by atoms with Crippen LogP contribution in [0.15, 0.2) is 24.9 Å². The van der Waals surface area contributed by atoms with E-state index in [4.69, 9.17) is 0 Å². The van der Waals surface area contributed by atoms with Crippen LogP contribution in [0.2, 0.25) is 0 Å². The number of rotatable bonds is 5. The Balaban J connectivity index is 1.39. The molecule has 0 aromatic carbocycles. The van der Waals surface area contributed by atoms with E-state index in [2.05, 4.69) is 48.7 Å². The quantitative estimate of drug-likeness (QED) is 0.875. The topological polar surface area (TPSA) is 62.1 Å². The normalized spacial score (nSPS) is 24.3. The van der Waals surface area contributed by atoms with Gasteiger partial charge in [-0.25, -0.2) is 15.0 Å². The average Bonchev–Trinajstić information content (AvgIpc) is 3.34. The molecule has 2 aliphatic heterocycles. The molecule has 7 heteroatoms. The van der Waals surface area contributed by atoms with Crippen molar-refractivity contribution < 1.29 is 0 Å². The molecule has 0 radical (unpaired) electrons. The van der Waals surface area contributed by atoms with Crippen LogP contribution in [-0.4, -0.2) is 63.7 Å². The molecule has 1 N–H and O–H groups in total. The molecule has 2 aromatic heterocycles. The lowest BCUT2D eigenvalue weighted by atomic mass is 10.00. The number of hydrogen-bond donors (Lipinski definition) is 1. The van der Waals surface area contributed by atoms with Crippen LogP contribution < -0.4 is 10.2 Å². The summed E-state index contributed by atoms with van der Waals surface area (Å²) in [5.74, 6) is 1.33. The second kappa shape index (κ2) is 7.09. The highest BCUT2D eigenvalue weighted by molar-refractivity contribution is 5.31. The largest absolute Gasteiger partial charge is 0.341 e. The minimum absolute atomic E-state index is 0.415. The minimum atomic E-state index is 0.415. The van der Waals surface area contributed by atoms with Crippen LogP contribution in [0.25, 0.3) is 0 Å². The Hall–Kier alpha value is -1.99. The van der Waals surface area contributed by atoms with Crippen LogP contribution in [0.4, 0.5) is 5.95 Å². The maximum atomic E-state index is 4.55. The maximum absolute atomic E-state index is 4.55. The van der Waals surface area contributed by atoms with Gasteiger partial charge in [-0.3, -0.25) is 0 Å². The van der Waals surface area contributed by atoms with E-state index in [0.717, 1.165) is 44.2 Å². The third-order valence-electron chi connectivity index (χ3n) is 5.39. The summed E-state index contributed by atoms with van der Waals surface area (Å²) in [5.41, 5.74) is 2.43. The van der Waals surface area contributed by atoms with E-state index in [1.165, 1.54) is 18.5 Å². The Morgan fingerprint density at radius 1 is 1.08 bits per heavy atom. The van der Waals surface area contributed by atoms with Gasteiger partial charge < -0.3 is 19.7 Å². The van der Waals surface area contributed by atoms with Crippen molar-refractivity contribution in [2.45, 2.75) is 31.3 Å². The Labute approximate surface area is 149 Å². The summed E-state index contributed by atoms with van der Waals surface area (Å²) in [4.78, 5) is 18.0. The van der Waals surface area contributed by atoms with Crippen LogP contribution in [0, 0.1) is 0 Å². The van der Waals surface area contributed by atoms with E-state index < -0.39 is 0 Å². The van der Waals surface area contributed by atoms with Gasteiger partial charge in [-0.1, -0.05) is 0 Å². The lowest BCUT2D eigenvalue weighted by molar-refractivity contribution is 0.397. The van der Waals surface area contributed by atoms with Crippen molar-refractivity contribution in [1.29, 1.82) is 0 Å². The zero-order chi connectivity index (χ0) is 17.2. The summed E-state index contributed by atoms with van der Waals surface area (Å²) in [6, 6.07) is 0.415. The van der Waals surface area contributed by atoms with Gasteiger partial charge in [0.05, 0.1) is 6.33 Å². The highest BCUT2D eigenvalue weighted by Crippen LogP contribution is 2.26. The summed E-state index contributed by atoms with van der Waals surface area (Å²) >= 11 is 0. The molecule has 2 aromatic rings. The molecule has 2 fully saturated rings. The third-order valence-corrected chi connectivity index (χ3v) is 5.39. The standard InChI is InChI=1S/C18H27N7/c1-23-11-15(17-10-19-13-24(17)2)16(12-23)20-7-14-8-21-18(22-9-14)25-5-3-4-6-25/h8-10,13,15-16,20H,3-7,11-12H2,1-2H3/t15-,16-/m1/s1. The summed E-state index contributed by atoms with van der Waals surface area (Å²) in [6.07, 6.45) is 10.3. The van der Waals surface area contributed by atoms with Crippen LogP contribution in [0.1, 0.15) is 30.0 Å². The smallest absolute Gasteiger partial charge is 0.225 e. The lowest BCUT2D eigenvalue weighted by Crippen LogP contribution is -2.35. The van der Waals surface area contributed by atoms with E-state index in [-0.39, 0.29) is 0 Å². The minimum Gasteiger partial charge on any atom is -0.341 e. The van der Waals surface area contributed by atoms with Gasteiger partial charge in [0.15, 0.2) is 0 Å². The molecule has 0 saturated carbocycles. The first-order valence-corrected chi connectivity index (χ1v) is 9.15. The molecule has 134 valence electrons. The molecule has 0 amide bonds.